The fourth-order valence-corrected chi connectivity index (χ4v) is 6.07. The highest BCUT2D eigenvalue weighted by Crippen LogP contribution is 2.47. The summed E-state index contributed by atoms with van der Waals surface area (Å²) in [6.45, 7) is 21.9. The Bertz CT molecular complexity index is 383. The van der Waals surface area contributed by atoms with Crippen LogP contribution in [-0.2, 0) is 0 Å². The average Bonchev–Trinajstić information content (AvgIpc) is 2.47. The Morgan fingerprint density at radius 2 is 1.35 bits per heavy atom. The zero-order chi connectivity index (χ0) is 17.3. The van der Waals surface area contributed by atoms with Gasteiger partial charge in [-0.15, -0.1) is 0 Å². The van der Waals surface area contributed by atoms with Gasteiger partial charge in [-0.1, -0.05) is 67.0 Å². The van der Waals surface area contributed by atoms with Crippen molar-refractivity contribution >= 4 is 0 Å². The average molecular weight is 319 g/mol. The minimum absolute atomic E-state index is 0.684. The molecule has 0 aliphatic heterocycles. The highest BCUT2D eigenvalue weighted by molar-refractivity contribution is 5.11. The van der Waals surface area contributed by atoms with Gasteiger partial charge in [-0.3, -0.25) is 0 Å². The standard InChI is InChI=1S/C23H42/c1-14-11-17(4)23(18(5)12-14)21(8)19(6)20(7)22-10-9-15(2)16(3)13-22/h14-20,22-23H,8-13H2,1-7H3. The minimum atomic E-state index is 0.684. The van der Waals surface area contributed by atoms with E-state index < -0.39 is 0 Å². The van der Waals surface area contributed by atoms with Crippen molar-refractivity contribution in [2.75, 3.05) is 0 Å². The van der Waals surface area contributed by atoms with Crippen LogP contribution in [0.5, 0.6) is 0 Å². The molecule has 134 valence electrons. The number of rotatable bonds is 4. The van der Waals surface area contributed by atoms with Gasteiger partial charge in [0.15, 0.2) is 0 Å². The first-order chi connectivity index (χ1) is 10.7. The Labute approximate surface area is 146 Å². The van der Waals surface area contributed by atoms with Gasteiger partial charge in [0, 0.05) is 0 Å². The molecule has 0 heterocycles. The highest BCUT2D eigenvalue weighted by atomic mass is 14.4. The van der Waals surface area contributed by atoms with Crippen molar-refractivity contribution < 1.29 is 0 Å². The van der Waals surface area contributed by atoms with E-state index in [1.807, 2.05) is 0 Å². The summed E-state index contributed by atoms with van der Waals surface area (Å²) in [7, 11) is 0. The molecule has 0 bridgehead atoms. The van der Waals surface area contributed by atoms with Crippen LogP contribution in [0, 0.1) is 53.3 Å². The largest absolute Gasteiger partial charge is 0.0993 e. The van der Waals surface area contributed by atoms with Gasteiger partial charge >= 0.3 is 0 Å². The Morgan fingerprint density at radius 3 is 1.87 bits per heavy atom. The molecule has 7 atom stereocenters. The van der Waals surface area contributed by atoms with Crippen molar-refractivity contribution in [1.82, 2.24) is 0 Å². The molecule has 0 saturated heterocycles. The van der Waals surface area contributed by atoms with E-state index in [0.29, 0.717) is 5.92 Å². The van der Waals surface area contributed by atoms with E-state index in [2.05, 4.69) is 55.0 Å². The maximum atomic E-state index is 4.65. The zero-order valence-electron chi connectivity index (χ0n) is 16.9. The molecule has 0 amide bonds. The molecule has 0 radical (unpaired) electrons. The fourth-order valence-electron chi connectivity index (χ4n) is 6.07. The fraction of sp³-hybridized carbons (Fsp3) is 0.913. The summed E-state index contributed by atoms with van der Waals surface area (Å²) in [5.74, 6) is 7.53. The molecule has 0 N–H and O–H groups in total. The molecule has 7 unspecified atom stereocenters. The molecule has 23 heavy (non-hydrogen) atoms. The summed E-state index contributed by atoms with van der Waals surface area (Å²) in [5, 5.41) is 0. The molecule has 2 saturated carbocycles. The van der Waals surface area contributed by atoms with Crippen molar-refractivity contribution in [3.63, 3.8) is 0 Å². The van der Waals surface area contributed by atoms with E-state index in [0.717, 1.165) is 47.3 Å². The van der Waals surface area contributed by atoms with Crippen LogP contribution < -0.4 is 0 Å². The van der Waals surface area contributed by atoms with Crippen LogP contribution in [0.4, 0.5) is 0 Å². The lowest BCUT2D eigenvalue weighted by Gasteiger charge is -2.44. The van der Waals surface area contributed by atoms with Gasteiger partial charge in [-0.2, -0.15) is 0 Å². The van der Waals surface area contributed by atoms with Crippen LogP contribution in [0.3, 0.4) is 0 Å². The maximum absolute atomic E-state index is 4.65. The van der Waals surface area contributed by atoms with Gasteiger partial charge in [0.2, 0.25) is 0 Å². The molecule has 0 spiro atoms. The second kappa shape index (κ2) is 7.75. The van der Waals surface area contributed by atoms with E-state index in [9.17, 15) is 0 Å². The van der Waals surface area contributed by atoms with Crippen molar-refractivity contribution in [2.45, 2.75) is 80.6 Å². The molecule has 0 aromatic heterocycles. The van der Waals surface area contributed by atoms with E-state index in [-0.39, 0.29) is 0 Å². The van der Waals surface area contributed by atoms with Gasteiger partial charge in [0.25, 0.3) is 0 Å². The number of allylic oxidation sites excluding steroid dienone is 1. The Morgan fingerprint density at radius 1 is 0.783 bits per heavy atom. The smallest absolute Gasteiger partial charge is 0.0151 e. The predicted molar refractivity (Wildman–Crippen MR) is 103 cm³/mol. The summed E-state index contributed by atoms with van der Waals surface area (Å²) >= 11 is 0. The third-order valence-electron chi connectivity index (χ3n) is 7.96. The molecule has 0 nitrogen and oxygen atoms in total. The Hall–Kier alpha value is -0.260. The Balaban J connectivity index is 2.01. The summed E-state index contributed by atoms with van der Waals surface area (Å²) < 4.78 is 0. The van der Waals surface area contributed by atoms with Crippen LogP contribution in [-0.4, -0.2) is 0 Å². The first-order valence-corrected chi connectivity index (χ1v) is 10.4. The molecular formula is C23H42. The first kappa shape index (κ1) is 19.1. The summed E-state index contributed by atoms with van der Waals surface area (Å²) in [5.41, 5.74) is 1.58. The molecule has 0 aromatic carbocycles. The molecule has 2 fully saturated rings. The lowest BCUT2D eigenvalue weighted by Crippen LogP contribution is -2.35. The van der Waals surface area contributed by atoms with Crippen LogP contribution in [0.15, 0.2) is 12.2 Å². The number of hydrogen-bond donors (Lipinski definition) is 0. The lowest BCUT2D eigenvalue weighted by molar-refractivity contribution is 0.118. The molecular weight excluding hydrogens is 276 g/mol. The van der Waals surface area contributed by atoms with Gasteiger partial charge in [0.1, 0.15) is 0 Å². The molecule has 2 rings (SSSR count). The van der Waals surface area contributed by atoms with Gasteiger partial charge in [-0.05, 0) is 78.9 Å². The summed E-state index contributed by atoms with van der Waals surface area (Å²) in [4.78, 5) is 0. The SMILES string of the molecule is C=C(C(C)C(C)C1CCC(C)C(C)C1)C1C(C)CC(C)CC1C. The van der Waals surface area contributed by atoms with Crippen LogP contribution in [0.1, 0.15) is 80.6 Å². The van der Waals surface area contributed by atoms with Crippen LogP contribution in [0.25, 0.3) is 0 Å². The molecule has 2 aliphatic carbocycles. The topological polar surface area (TPSA) is 0 Å². The zero-order valence-corrected chi connectivity index (χ0v) is 16.9. The van der Waals surface area contributed by atoms with Gasteiger partial charge in [0.05, 0.1) is 0 Å². The van der Waals surface area contributed by atoms with E-state index >= 15 is 0 Å². The van der Waals surface area contributed by atoms with E-state index in [1.165, 1.54) is 32.1 Å². The molecule has 2 aliphatic rings. The lowest BCUT2D eigenvalue weighted by atomic mass is 9.61. The quantitative estimate of drug-likeness (QED) is 0.480. The van der Waals surface area contributed by atoms with E-state index in [4.69, 9.17) is 0 Å². The number of hydrogen-bond acceptors (Lipinski definition) is 0. The highest BCUT2D eigenvalue weighted by Gasteiger charge is 2.37. The van der Waals surface area contributed by atoms with Crippen LogP contribution >= 0.6 is 0 Å². The first-order valence-electron chi connectivity index (χ1n) is 10.4. The second-order valence-corrected chi connectivity index (χ2v) is 9.81. The predicted octanol–water partition coefficient (Wildman–Crippen LogP) is 7.21. The minimum Gasteiger partial charge on any atom is -0.0993 e. The third-order valence-corrected chi connectivity index (χ3v) is 7.96. The maximum Gasteiger partial charge on any atom is -0.0151 e. The summed E-state index contributed by atoms with van der Waals surface area (Å²) in [6.07, 6.45) is 7.10. The Kier molecular flexibility index (Phi) is 6.42. The van der Waals surface area contributed by atoms with Crippen molar-refractivity contribution in [3.05, 3.63) is 12.2 Å². The third kappa shape index (κ3) is 4.23. The second-order valence-electron chi connectivity index (χ2n) is 9.81. The van der Waals surface area contributed by atoms with Crippen molar-refractivity contribution in [2.24, 2.45) is 53.3 Å². The molecule has 0 aromatic rings. The van der Waals surface area contributed by atoms with Crippen LogP contribution in [0.2, 0.25) is 0 Å². The summed E-state index contributed by atoms with van der Waals surface area (Å²) in [6, 6.07) is 0. The van der Waals surface area contributed by atoms with Crippen molar-refractivity contribution in [1.29, 1.82) is 0 Å². The molecule has 0 heteroatoms. The monoisotopic (exact) mass is 318 g/mol. The normalized spacial score (nSPS) is 44.6. The van der Waals surface area contributed by atoms with Crippen molar-refractivity contribution in [3.8, 4) is 0 Å². The van der Waals surface area contributed by atoms with Gasteiger partial charge < -0.3 is 0 Å². The van der Waals surface area contributed by atoms with E-state index in [1.54, 1.807) is 5.57 Å². The van der Waals surface area contributed by atoms with Gasteiger partial charge in [-0.25, -0.2) is 0 Å².